The van der Waals surface area contributed by atoms with Crippen molar-refractivity contribution in [1.82, 2.24) is 4.57 Å². The second kappa shape index (κ2) is 6.56. The average molecular weight is 338 g/mol. The van der Waals surface area contributed by atoms with E-state index in [0.717, 1.165) is 18.7 Å². The van der Waals surface area contributed by atoms with E-state index in [1.807, 2.05) is 18.3 Å². The molecule has 0 bridgehead atoms. The van der Waals surface area contributed by atoms with E-state index in [1.54, 1.807) is 12.1 Å². The van der Waals surface area contributed by atoms with Gasteiger partial charge >= 0.3 is 0 Å². The van der Waals surface area contributed by atoms with Crippen LogP contribution in [0.5, 0.6) is 0 Å². The number of hydrogen-bond acceptors (Lipinski definition) is 3. The van der Waals surface area contributed by atoms with Gasteiger partial charge in [-0.15, -0.1) is 0 Å². The minimum Gasteiger partial charge on any atom is -0.374 e. The van der Waals surface area contributed by atoms with Gasteiger partial charge < -0.3 is 9.88 Å². The zero-order chi connectivity index (χ0) is 14.5. The van der Waals surface area contributed by atoms with E-state index < -0.39 is 0 Å². The molecule has 0 aliphatic heterocycles. The normalized spacial score (nSPS) is 10.5. The van der Waals surface area contributed by atoms with Gasteiger partial charge in [0.05, 0.1) is 11.5 Å². The van der Waals surface area contributed by atoms with Gasteiger partial charge in [0.2, 0.25) is 0 Å². The van der Waals surface area contributed by atoms with Gasteiger partial charge in [0.15, 0.2) is 0 Å². The minimum atomic E-state index is -0.377. The van der Waals surface area contributed by atoms with Crippen LogP contribution in [0.4, 0.5) is 11.4 Å². The Kier molecular flexibility index (Phi) is 4.79. The highest BCUT2D eigenvalue weighted by Gasteiger charge is 2.14. The average Bonchev–Trinajstić information content (AvgIpc) is 2.85. The molecule has 1 heterocycles. The first-order valence-corrected chi connectivity index (χ1v) is 7.23. The van der Waals surface area contributed by atoms with Crippen LogP contribution in [0.15, 0.2) is 41.0 Å². The van der Waals surface area contributed by atoms with Crippen molar-refractivity contribution in [3.63, 3.8) is 0 Å². The number of halogens is 1. The van der Waals surface area contributed by atoms with Crippen LogP contribution in [0.25, 0.3) is 0 Å². The Bertz CT molecular complexity index is 610. The molecule has 0 aliphatic carbocycles. The summed E-state index contributed by atoms with van der Waals surface area (Å²) in [5.41, 5.74) is 1.72. The van der Waals surface area contributed by atoms with Gasteiger partial charge in [0.25, 0.3) is 5.69 Å². The summed E-state index contributed by atoms with van der Waals surface area (Å²) in [6.07, 6.45) is 3.08. The molecule has 0 unspecified atom stereocenters. The molecule has 0 aliphatic rings. The third-order valence-corrected chi connectivity index (χ3v) is 3.50. The quantitative estimate of drug-likeness (QED) is 0.635. The number of aromatic nitrogens is 1. The van der Waals surface area contributed by atoms with Gasteiger partial charge in [-0.2, -0.15) is 0 Å². The van der Waals surface area contributed by atoms with Gasteiger partial charge in [-0.05, 0) is 30.7 Å². The van der Waals surface area contributed by atoms with Crippen molar-refractivity contribution in [2.24, 2.45) is 0 Å². The zero-order valence-electron chi connectivity index (χ0n) is 11.2. The van der Waals surface area contributed by atoms with Gasteiger partial charge in [-0.3, -0.25) is 10.1 Å². The van der Waals surface area contributed by atoms with Crippen LogP contribution in [0.2, 0.25) is 0 Å². The predicted octanol–water partition coefficient (Wildman–Crippen LogP) is 4.18. The molecule has 20 heavy (non-hydrogen) atoms. The number of hydrogen-bond donors (Lipinski definition) is 1. The summed E-state index contributed by atoms with van der Waals surface area (Å²) in [7, 11) is 0. The fourth-order valence-electron chi connectivity index (χ4n) is 2.06. The molecule has 0 spiro atoms. The van der Waals surface area contributed by atoms with Crippen molar-refractivity contribution >= 4 is 27.3 Å². The third kappa shape index (κ3) is 3.39. The number of nitro benzene ring substituents is 1. The van der Waals surface area contributed by atoms with Crippen molar-refractivity contribution in [2.45, 2.75) is 26.4 Å². The Labute approximate surface area is 125 Å². The van der Waals surface area contributed by atoms with Crippen LogP contribution >= 0.6 is 15.9 Å². The van der Waals surface area contributed by atoms with Crippen LogP contribution in [-0.4, -0.2) is 9.49 Å². The third-order valence-electron chi connectivity index (χ3n) is 3.00. The zero-order valence-corrected chi connectivity index (χ0v) is 12.8. The van der Waals surface area contributed by atoms with E-state index >= 15 is 0 Å². The number of nitrogens with zero attached hydrogens (tertiary/aromatic N) is 2. The molecule has 1 aromatic heterocycles. The molecule has 1 aromatic carbocycles. The summed E-state index contributed by atoms with van der Waals surface area (Å²) in [6, 6.07) is 9.03. The second-order valence-corrected chi connectivity index (χ2v) is 5.38. The Morgan fingerprint density at radius 2 is 2.20 bits per heavy atom. The second-order valence-electron chi connectivity index (χ2n) is 4.47. The topological polar surface area (TPSA) is 60.1 Å². The lowest BCUT2D eigenvalue weighted by Crippen LogP contribution is -2.08. The molecular weight excluding hydrogens is 322 g/mol. The molecule has 0 amide bonds. The first kappa shape index (κ1) is 14.6. The number of benzene rings is 1. The van der Waals surface area contributed by atoms with E-state index in [2.05, 4.69) is 32.7 Å². The lowest BCUT2D eigenvalue weighted by atomic mass is 10.2. The Morgan fingerprint density at radius 1 is 1.40 bits per heavy atom. The predicted molar refractivity (Wildman–Crippen MR) is 82.8 cm³/mol. The first-order chi connectivity index (χ1) is 9.61. The summed E-state index contributed by atoms with van der Waals surface area (Å²) < 4.78 is 2.85. The number of nitro groups is 1. The van der Waals surface area contributed by atoms with Crippen molar-refractivity contribution in [3.05, 3.63) is 56.8 Å². The lowest BCUT2D eigenvalue weighted by Gasteiger charge is -2.10. The summed E-state index contributed by atoms with van der Waals surface area (Å²) in [4.78, 5) is 10.7. The molecule has 0 fully saturated rings. The number of rotatable bonds is 6. The van der Waals surface area contributed by atoms with Crippen LogP contribution in [-0.2, 0) is 13.1 Å². The van der Waals surface area contributed by atoms with Crippen LogP contribution in [0, 0.1) is 10.1 Å². The maximum absolute atomic E-state index is 11.0. The molecule has 0 radical (unpaired) electrons. The van der Waals surface area contributed by atoms with Gasteiger partial charge in [0.1, 0.15) is 5.69 Å². The van der Waals surface area contributed by atoms with Crippen molar-refractivity contribution < 1.29 is 4.92 Å². The Balaban J connectivity index is 2.14. The maximum atomic E-state index is 11.0. The highest BCUT2D eigenvalue weighted by atomic mass is 79.9. The van der Waals surface area contributed by atoms with E-state index in [4.69, 9.17) is 0 Å². The van der Waals surface area contributed by atoms with Crippen LogP contribution < -0.4 is 5.32 Å². The molecule has 0 saturated carbocycles. The molecule has 1 N–H and O–H groups in total. The lowest BCUT2D eigenvalue weighted by molar-refractivity contribution is -0.384. The molecule has 0 atom stereocenters. The first-order valence-electron chi connectivity index (χ1n) is 6.43. The van der Waals surface area contributed by atoms with Crippen LogP contribution in [0.3, 0.4) is 0 Å². The number of aryl methyl sites for hydroxylation is 1. The fourth-order valence-corrected chi connectivity index (χ4v) is 2.41. The monoisotopic (exact) mass is 337 g/mol. The molecule has 2 rings (SSSR count). The highest BCUT2D eigenvalue weighted by molar-refractivity contribution is 9.10. The molecule has 6 heteroatoms. The van der Waals surface area contributed by atoms with Crippen molar-refractivity contribution in [1.29, 1.82) is 0 Å². The van der Waals surface area contributed by atoms with Gasteiger partial charge in [0, 0.05) is 29.0 Å². The van der Waals surface area contributed by atoms with Crippen LogP contribution in [0.1, 0.15) is 19.0 Å². The summed E-state index contributed by atoms with van der Waals surface area (Å²) in [6.45, 7) is 3.64. The largest absolute Gasteiger partial charge is 0.374 e. The smallest absolute Gasteiger partial charge is 0.293 e. The van der Waals surface area contributed by atoms with Crippen molar-refractivity contribution in [2.75, 3.05) is 5.32 Å². The molecule has 0 saturated heterocycles. The molecule has 5 nitrogen and oxygen atoms in total. The molecule has 2 aromatic rings. The van der Waals surface area contributed by atoms with Crippen molar-refractivity contribution in [3.8, 4) is 0 Å². The standard InChI is InChI=1S/C14H16BrN3O2/c1-2-7-17-8-3-4-12(17)10-16-13-6-5-11(15)9-14(13)18(19)20/h3-6,8-9,16H,2,7,10H2,1H3. The fraction of sp³-hybridized carbons (Fsp3) is 0.286. The Hall–Kier alpha value is -1.82. The molecule has 106 valence electrons. The number of anilines is 1. The maximum Gasteiger partial charge on any atom is 0.293 e. The minimum absolute atomic E-state index is 0.0768. The Morgan fingerprint density at radius 3 is 2.90 bits per heavy atom. The van der Waals surface area contributed by atoms with Gasteiger partial charge in [-0.25, -0.2) is 0 Å². The summed E-state index contributed by atoms with van der Waals surface area (Å²) >= 11 is 3.25. The SMILES string of the molecule is CCCn1cccc1CNc1ccc(Br)cc1[N+](=O)[O-]. The van der Waals surface area contributed by atoms with Gasteiger partial charge in [-0.1, -0.05) is 22.9 Å². The van der Waals surface area contributed by atoms with E-state index in [-0.39, 0.29) is 10.6 Å². The summed E-state index contributed by atoms with van der Waals surface area (Å²) in [5.74, 6) is 0. The van der Waals surface area contributed by atoms with E-state index in [1.165, 1.54) is 6.07 Å². The van der Waals surface area contributed by atoms with E-state index in [0.29, 0.717) is 16.7 Å². The highest BCUT2D eigenvalue weighted by Crippen LogP contribution is 2.28. The number of nitrogens with one attached hydrogen (secondary N) is 1. The van der Waals surface area contributed by atoms with E-state index in [9.17, 15) is 10.1 Å². The molecular formula is C14H16BrN3O2. The summed E-state index contributed by atoms with van der Waals surface area (Å²) in [5, 5.41) is 14.2.